The standard InChI is InChI=1S/C16H12FNO2/c17-13-6-3-5-12(8-13)16(19)18-10-14-9-11-4-1-2-7-15(11)20-14/h1-9H,10H2,(H,18,19). The molecule has 100 valence electrons. The molecular formula is C16H12FNO2. The largest absolute Gasteiger partial charge is 0.459 e. The molecule has 4 heteroatoms. The Morgan fingerprint density at radius 2 is 1.95 bits per heavy atom. The topological polar surface area (TPSA) is 42.2 Å². The summed E-state index contributed by atoms with van der Waals surface area (Å²) in [6.45, 7) is 0.268. The second-order valence-corrected chi connectivity index (χ2v) is 4.44. The zero-order valence-corrected chi connectivity index (χ0v) is 10.6. The molecule has 0 saturated heterocycles. The van der Waals surface area contributed by atoms with Crippen molar-refractivity contribution in [3.8, 4) is 0 Å². The van der Waals surface area contributed by atoms with Crippen molar-refractivity contribution in [2.45, 2.75) is 6.54 Å². The van der Waals surface area contributed by atoms with Gasteiger partial charge in [-0.3, -0.25) is 4.79 Å². The molecule has 0 radical (unpaired) electrons. The second kappa shape index (κ2) is 5.17. The van der Waals surface area contributed by atoms with Crippen LogP contribution in [0.1, 0.15) is 16.1 Å². The molecule has 0 unspecified atom stereocenters. The molecule has 3 nitrogen and oxygen atoms in total. The molecule has 0 saturated carbocycles. The second-order valence-electron chi connectivity index (χ2n) is 4.44. The maximum atomic E-state index is 13.0. The Bertz CT molecular complexity index is 731. The first-order valence-electron chi connectivity index (χ1n) is 6.23. The molecule has 1 aromatic heterocycles. The number of nitrogens with one attached hydrogen (secondary N) is 1. The van der Waals surface area contributed by atoms with Crippen molar-refractivity contribution < 1.29 is 13.6 Å². The van der Waals surface area contributed by atoms with Crippen molar-refractivity contribution in [2.75, 3.05) is 0 Å². The molecule has 1 heterocycles. The lowest BCUT2D eigenvalue weighted by atomic mass is 10.2. The molecule has 0 spiro atoms. The van der Waals surface area contributed by atoms with Crippen LogP contribution in [0.5, 0.6) is 0 Å². The number of halogens is 1. The lowest BCUT2D eigenvalue weighted by molar-refractivity contribution is 0.0948. The average Bonchev–Trinajstić information content (AvgIpc) is 2.87. The van der Waals surface area contributed by atoms with Gasteiger partial charge in [0.05, 0.1) is 6.54 Å². The number of benzene rings is 2. The van der Waals surface area contributed by atoms with Crippen LogP contribution in [0.15, 0.2) is 59.0 Å². The Hall–Kier alpha value is -2.62. The van der Waals surface area contributed by atoms with E-state index in [0.29, 0.717) is 11.3 Å². The number of hydrogen-bond donors (Lipinski definition) is 1. The van der Waals surface area contributed by atoms with Gasteiger partial charge in [-0.2, -0.15) is 0 Å². The molecule has 1 amide bonds. The van der Waals surface area contributed by atoms with E-state index in [4.69, 9.17) is 4.42 Å². The van der Waals surface area contributed by atoms with Crippen LogP contribution in [0.2, 0.25) is 0 Å². The van der Waals surface area contributed by atoms with Gasteiger partial charge < -0.3 is 9.73 Å². The minimum atomic E-state index is -0.429. The molecule has 3 rings (SSSR count). The van der Waals surface area contributed by atoms with E-state index in [1.807, 2.05) is 30.3 Å². The van der Waals surface area contributed by atoms with Crippen LogP contribution in [0, 0.1) is 5.82 Å². The molecule has 0 aliphatic heterocycles. The Balaban J connectivity index is 1.71. The summed E-state index contributed by atoms with van der Waals surface area (Å²) in [5.41, 5.74) is 1.07. The molecule has 20 heavy (non-hydrogen) atoms. The van der Waals surface area contributed by atoms with Crippen LogP contribution in [0.4, 0.5) is 4.39 Å². The lowest BCUT2D eigenvalue weighted by Gasteiger charge is -2.03. The Kier molecular flexibility index (Phi) is 3.21. The average molecular weight is 269 g/mol. The number of furan rings is 1. The van der Waals surface area contributed by atoms with Crippen molar-refractivity contribution in [1.82, 2.24) is 5.32 Å². The van der Waals surface area contributed by atoms with Gasteiger partial charge >= 0.3 is 0 Å². The van der Waals surface area contributed by atoms with E-state index in [2.05, 4.69) is 5.32 Å². The summed E-state index contributed by atoms with van der Waals surface area (Å²) in [6, 6.07) is 15.1. The van der Waals surface area contributed by atoms with Gasteiger partial charge in [-0.15, -0.1) is 0 Å². The monoisotopic (exact) mass is 269 g/mol. The van der Waals surface area contributed by atoms with E-state index in [0.717, 1.165) is 11.0 Å². The summed E-state index contributed by atoms with van der Waals surface area (Å²) in [4.78, 5) is 11.9. The first kappa shape index (κ1) is 12.4. The number of amides is 1. The maximum absolute atomic E-state index is 13.0. The zero-order valence-electron chi connectivity index (χ0n) is 10.6. The molecular weight excluding hydrogens is 257 g/mol. The van der Waals surface area contributed by atoms with Crippen LogP contribution in [-0.4, -0.2) is 5.91 Å². The maximum Gasteiger partial charge on any atom is 0.251 e. The molecule has 0 atom stereocenters. The highest BCUT2D eigenvalue weighted by molar-refractivity contribution is 5.94. The minimum absolute atomic E-state index is 0.268. The predicted molar refractivity (Wildman–Crippen MR) is 73.8 cm³/mol. The van der Waals surface area contributed by atoms with Crippen LogP contribution in [0.3, 0.4) is 0 Å². The molecule has 0 fully saturated rings. The van der Waals surface area contributed by atoms with Gasteiger partial charge in [0.1, 0.15) is 17.2 Å². The summed E-state index contributed by atoms with van der Waals surface area (Å²) < 4.78 is 18.6. The first-order valence-corrected chi connectivity index (χ1v) is 6.23. The van der Waals surface area contributed by atoms with Gasteiger partial charge in [-0.25, -0.2) is 4.39 Å². The van der Waals surface area contributed by atoms with Gasteiger partial charge in [0.2, 0.25) is 0 Å². The van der Waals surface area contributed by atoms with E-state index in [-0.39, 0.29) is 12.5 Å². The zero-order chi connectivity index (χ0) is 13.9. The fourth-order valence-corrected chi connectivity index (χ4v) is 2.02. The van der Waals surface area contributed by atoms with E-state index in [1.54, 1.807) is 6.07 Å². The summed E-state index contributed by atoms with van der Waals surface area (Å²) in [7, 11) is 0. The van der Waals surface area contributed by atoms with Gasteiger partial charge in [0.15, 0.2) is 0 Å². The summed E-state index contributed by atoms with van der Waals surface area (Å²) in [6.07, 6.45) is 0. The number of carbonyl (C=O) groups is 1. The van der Waals surface area contributed by atoms with Crippen LogP contribution in [0.25, 0.3) is 11.0 Å². The highest BCUT2D eigenvalue weighted by atomic mass is 19.1. The molecule has 0 aliphatic carbocycles. The Morgan fingerprint density at radius 3 is 2.75 bits per heavy atom. The van der Waals surface area contributed by atoms with Crippen molar-refractivity contribution in [1.29, 1.82) is 0 Å². The molecule has 2 aromatic carbocycles. The number of fused-ring (bicyclic) bond motifs is 1. The molecule has 0 aliphatic rings. The summed E-state index contributed by atoms with van der Waals surface area (Å²) in [5, 5.41) is 3.69. The van der Waals surface area contributed by atoms with Gasteiger partial charge in [-0.1, -0.05) is 24.3 Å². The van der Waals surface area contributed by atoms with Gasteiger partial charge in [0.25, 0.3) is 5.91 Å². The van der Waals surface area contributed by atoms with Crippen LogP contribution >= 0.6 is 0 Å². The highest BCUT2D eigenvalue weighted by Crippen LogP contribution is 2.18. The third kappa shape index (κ3) is 2.54. The Morgan fingerprint density at radius 1 is 1.10 bits per heavy atom. The SMILES string of the molecule is O=C(NCc1cc2ccccc2o1)c1cccc(F)c1. The first-order chi connectivity index (χ1) is 9.72. The lowest BCUT2D eigenvalue weighted by Crippen LogP contribution is -2.22. The molecule has 1 N–H and O–H groups in total. The van der Waals surface area contributed by atoms with E-state index >= 15 is 0 Å². The highest BCUT2D eigenvalue weighted by Gasteiger charge is 2.08. The van der Waals surface area contributed by atoms with E-state index in [9.17, 15) is 9.18 Å². The number of para-hydroxylation sites is 1. The normalized spacial score (nSPS) is 10.7. The van der Waals surface area contributed by atoms with Crippen molar-refractivity contribution >= 4 is 16.9 Å². The predicted octanol–water partition coefficient (Wildman–Crippen LogP) is 3.50. The van der Waals surface area contributed by atoms with Gasteiger partial charge in [0, 0.05) is 10.9 Å². The Labute approximate surface area is 115 Å². The number of carbonyl (C=O) groups excluding carboxylic acids is 1. The third-order valence-corrected chi connectivity index (χ3v) is 2.99. The third-order valence-electron chi connectivity index (χ3n) is 2.99. The molecule has 0 bridgehead atoms. The smallest absolute Gasteiger partial charge is 0.251 e. The van der Waals surface area contributed by atoms with Crippen LogP contribution < -0.4 is 5.32 Å². The summed E-state index contributed by atoms with van der Waals surface area (Å²) >= 11 is 0. The van der Waals surface area contributed by atoms with E-state index in [1.165, 1.54) is 18.2 Å². The van der Waals surface area contributed by atoms with Crippen molar-refractivity contribution in [2.24, 2.45) is 0 Å². The van der Waals surface area contributed by atoms with Crippen molar-refractivity contribution in [3.63, 3.8) is 0 Å². The van der Waals surface area contributed by atoms with Crippen molar-refractivity contribution in [3.05, 3.63) is 71.7 Å². The number of hydrogen-bond acceptors (Lipinski definition) is 2. The minimum Gasteiger partial charge on any atom is -0.459 e. The van der Waals surface area contributed by atoms with E-state index < -0.39 is 5.82 Å². The fourth-order valence-electron chi connectivity index (χ4n) is 2.02. The quantitative estimate of drug-likeness (QED) is 0.790. The fraction of sp³-hybridized carbons (Fsp3) is 0.0625. The van der Waals surface area contributed by atoms with Gasteiger partial charge in [-0.05, 0) is 30.3 Å². The van der Waals surface area contributed by atoms with Crippen LogP contribution in [-0.2, 0) is 6.54 Å². The summed E-state index contributed by atoms with van der Waals surface area (Å²) in [5.74, 6) is -0.0951. The number of rotatable bonds is 3. The molecule has 3 aromatic rings.